The lowest BCUT2D eigenvalue weighted by Crippen LogP contribution is -2.50. The highest BCUT2D eigenvalue weighted by Gasteiger charge is 2.28. The number of nitrogens with zero attached hydrogens (tertiary/aromatic N) is 4. The Morgan fingerprint density at radius 2 is 1.51 bits per heavy atom. The van der Waals surface area contributed by atoms with Crippen LogP contribution in [0.15, 0.2) is 30.6 Å². The smallest absolute Gasteiger partial charge is 0.251 e. The minimum Gasteiger partial charge on any atom is -0.490 e. The Labute approximate surface area is 206 Å². The Kier molecular flexibility index (Phi) is 9.49. The maximum atomic E-state index is 12.8. The number of anilines is 1. The second-order valence-corrected chi connectivity index (χ2v) is 9.70. The zero-order chi connectivity index (χ0) is 25.3. The molecule has 0 aliphatic carbocycles. The molecule has 0 unspecified atom stereocenters. The molecule has 1 aliphatic heterocycles. The number of benzene rings is 1. The van der Waals surface area contributed by atoms with E-state index >= 15 is 0 Å². The van der Waals surface area contributed by atoms with E-state index in [0.717, 1.165) is 0 Å². The molecule has 0 radical (unpaired) electrons. The van der Waals surface area contributed by atoms with E-state index in [1.165, 1.54) is 4.31 Å². The van der Waals surface area contributed by atoms with Gasteiger partial charge in [-0.2, -0.15) is 4.31 Å². The standard InChI is InChI=1S/C23H33N5O6S/c1-4-32-19-16-18(17-20(33-5-2)21(19)34-6-3)22(29)24-10-15-35(30,31)28-13-11-27(12-14-28)23-25-8-7-9-26-23/h7-9,16-17H,4-6,10-15H2,1-3H3,(H,24,29). The summed E-state index contributed by atoms with van der Waals surface area (Å²) in [6.45, 7) is 8.36. The number of carbonyl (C=O) groups is 1. The molecule has 0 atom stereocenters. The lowest BCUT2D eigenvalue weighted by molar-refractivity contribution is 0.0955. The van der Waals surface area contributed by atoms with Gasteiger partial charge in [0, 0.05) is 50.7 Å². The Hall–Kier alpha value is -3.12. The first kappa shape index (κ1) is 26.5. The van der Waals surface area contributed by atoms with E-state index < -0.39 is 15.9 Å². The quantitative estimate of drug-likeness (QED) is 0.456. The zero-order valence-electron chi connectivity index (χ0n) is 20.4. The van der Waals surface area contributed by atoms with Crippen molar-refractivity contribution in [3.05, 3.63) is 36.2 Å². The lowest BCUT2D eigenvalue weighted by atomic mass is 10.1. The molecule has 1 fully saturated rings. The molecule has 1 aliphatic rings. The number of piperazine rings is 1. The molecule has 35 heavy (non-hydrogen) atoms. The van der Waals surface area contributed by atoms with Gasteiger partial charge in [0.15, 0.2) is 11.5 Å². The van der Waals surface area contributed by atoms with Crippen molar-refractivity contribution in [1.29, 1.82) is 0 Å². The fourth-order valence-corrected chi connectivity index (χ4v) is 5.00. The molecule has 1 aromatic heterocycles. The van der Waals surface area contributed by atoms with Gasteiger partial charge in [0.1, 0.15) is 0 Å². The van der Waals surface area contributed by atoms with Crippen LogP contribution < -0.4 is 24.4 Å². The van der Waals surface area contributed by atoms with Crippen molar-refractivity contribution in [3.8, 4) is 17.2 Å². The second kappa shape index (κ2) is 12.5. The lowest BCUT2D eigenvalue weighted by Gasteiger charge is -2.33. The molecule has 1 N–H and O–H groups in total. The first-order valence-electron chi connectivity index (χ1n) is 11.7. The van der Waals surface area contributed by atoms with E-state index in [4.69, 9.17) is 14.2 Å². The molecule has 0 spiro atoms. The number of hydrogen-bond acceptors (Lipinski definition) is 9. The van der Waals surface area contributed by atoms with Gasteiger partial charge in [0.05, 0.1) is 25.6 Å². The summed E-state index contributed by atoms with van der Waals surface area (Å²) in [4.78, 5) is 23.2. The van der Waals surface area contributed by atoms with E-state index in [1.807, 2.05) is 25.7 Å². The molecular formula is C23H33N5O6S. The van der Waals surface area contributed by atoms with Crippen LogP contribution in [0, 0.1) is 0 Å². The summed E-state index contributed by atoms with van der Waals surface area (Å²) in [7, 11) is -3.53. The molecular weight excluding hydrogens is 474 g/mol. The van der Waals surface area contributed by atoms with E-state index in [0.29, 0.717) is 74.8 Å². The number of rotatable bonds is 12. The largest absolute Gasteiger partial charge is 0.490 e. The van der Waals surface area contributed by atoms with Gasteiger partial charge in [-0.05, 0) is 39.0 Å². The first-order valence-corrected chi connectivity index (χ1v) is 13.3. The second-order valence-electron chi connectivity index (χ2n) is 7.61. The minimum absolute atomic E-state index is 0.0235. The maximum absolute atomic E-state index is 12.8. The van der Waals surface area contributed by atoms with Gasteiger partial charge >= 0.3 is 0 Å². The van der Waals surface area contributed by atoms with E-state index in [1.54, 1.807) is 30.6 Å². The van der Waals surface area contributed by atoms with Gasteiger partial charge in [-0.1, -0.05) is 0 Å². The Morgan fingerprint density at radius 3 is 2.06 bits per heavy atom. The number of nitrogens with one attached hydrogen (secondary N) is 1. The van der Waals surface area contributed by atoms with Crippen LogP contribution in [0.4, 0.5) is 5.95 Å². The summed E-state index contributed by atoms with van der Waals surface area (Å²) in [6, 6.07) is 4.89. The highest BCUT2D eigenvalue weighted by Crippen LogP contribution is 2.39. The van der Waals surface area contributed by atoms with Crippen LogP contribution in [0.1, 0.15) is 31.1 Å². The number of sulfonamides is 1. The average Bonchev–Trinajstić information content (AvgIpc) is 2.86. The normalized spacial score (nSPS) is 14.4. The highest BCUT2D eigenvalue weighted by atomic mass is 32.2. The van der Waals surface area contributed by atoms with Crippen molar-refractivity contribution in [2.24, 2.45) is 0 Å². The van der Waals surface area contributed by atoms with Gasteiger partial charge in [0.2, 0.25) is 21.7 Å². The summed E-state index contributed by atoms with van der Waals surface area (Å²) in [5, 5.41) is 2.69. The highest BCUT2D eigenvalue weighted by molar-refractivity contribution is 7.89. The summed E-state index contributed by atoms with van der Waals surface area (Å²) in [6.07, 6.45) is 3.32. The Balaban J connectivity index is 1.59. The fraction of sp³-hybridized carbons (Fsp3) is 0.522. The van der Waals surface area contributed by atoms with Crippen LogP contribution in [0.2, 0.25) is 0 Å². The van der Waals surface area contributed by atoms with Crippen LogP contribution in [-0.4, -0.2) is 86.9 Å². The number of carbonyl (C=O) groups excluding carboxylic acids is 1. The first-order chi connectivity index (χ1) is 16.9. The molecule has 2 aromatic rings. The van der Waals surface area contributed by atoms with Crippen molar-refractivity contribution < 1.29 is 27.4 Å². The summed E-state index contributed by atoms with van der Waals surface area (Å²) in [5.74, 6) is 1.21. The molecule has 11 nitrogen and oxygen atoms in total. The van der Waals surface area contributed by atoms with Gasteiger partial charge in [-0.3, -0.25) is 4.79 Å². The topological polar surface area (TPSA) is 123 Å². The Morgan fingerprint density at radius 1 is 0.943 bits per heavy atom. The molecule has 1 saturated heterocycles. The molecule has 12 heteroatoms. The van der Waals surface area contributed by atoms with E-state index in [9.17, 15) is 13.2 Å². The van der Waals surface area contributed by atoms with Crippen LogP contribution in [0.5, 0.6) is 17.2 Å². The molecule has 2 heterocycles. The summed E-state index contributed by atoms with van der Waals surface area (Å²) >= 11 is 0. The van der Waals surface area contributed by atoms with E-state index in [-0.39, 0.29) is 12.3 Å². The molecule has 192 valence electrons. The molecule has 0 bridgehead atoms. The minimum atomic E-state index is -3.53. The molecule has 0 saturated carbocycles. The number of hydrogen-bond donors (Lipinski definition) is 1. The third kappa shape index (κ3) is 6.95. The van der Waals surface area contributed by atoms with Crippen molar-refractivity contribution in [1.82, 2.24) is 19.6 Å². The number of aromatic nitrogens is 2. The maximum Gasteiger partial charge on any atom is 0.251 e. The molecule has 3 rings (SSSR count). The van der Waals surface area contributed by atoms with Crippen molar-refractivity contribution in [2.45, 2.75) is 20.8 Å². The van der Waals surface area contributed by atoms with Crippen LogP contribution in [-0.2, 0) is 10.0 Å². The van der Waals surface area contributed by atoms with Gasteiger partial charge in [0.25, 0.3) is 5.91 Å². The number of ether oxygens (including phenoxy) is 3. The predicted octanol–water partition coefficient (Wildman–Crippen LogP) is 1.55. The van der Waals surface area contributed by atoms with Gasteiger partial charge < -0.3 is 24.4 Å². The van der Waals surface area contributed by atoms with Crippen molar-refractivity contribution in [3.63, 3.8) is 0 Å². The molecule has 1 aromatic carbocycles. The van der Waals surface area contributed by atoms with Gasteiger partial charge in [-0.15, -0.1) is 0 Å². The summed E-state index contributed by atoms with van der Waals surface area (Å²) in [5.41, 5.74) is 0.300. The Bertz CT molecular complexity index is 1050. The van der Waals surface area contributed by atoms with Crippen molar-refractivity contribution >= 4 is 21.9 Å². The number of amides is 1. The zero-order valence-corrected chi connectivity index (χ0v) is 21.2. The van der Waals surface area contributed by atoms with Crippen LogP contribution >= 0.6 is 0 Å². The van der Waals surface area contributed by atoms with E-state index in [2.05, 4.69) is 15.3 Å². The third-order valence-electron chi connectivity index (χ3n) is 5.28. The predicted molar refractivity (Wildman–Crippen MR) is 132 cm³/mol. The van der Waals surface area contributed by atoms with Crippen LogP contribution in [0.3, 0.4) is 0 Å². The average molecular weight is 508 g/mol. The SMILES string of the molecule is CCOc1cc(C(=O)NCCS(=O)(=O)N2CCN(c3ncccn3)CC2)cc(OCC)c1OCC. The van der Waals surface area contributed by atoms with Crippen molar-refractivity contribution in [2.75, 3.05) is 63.2 Å². The summed E-state index contributed by atoms with van der Waals surface area (Å²) < 4.78 is 44.0. The molecule has 1 amide bonds. The van der Waals surface area contributed by atoms with Crippen LogP contribution in [0.25, 0.3) is 0 Å². The monoisotopic (exact) mass is 507 g/mol. The fourth-order valence-electron chi connectivity index (χ4n) is 3.67. The van der Waals surface area contributed by atoms with Gasteiger partial charge in [-0.25, -0.2) is 18.4 Å². The third-order valence-corrected chi connectivity index (χ3v) is 7.16.